The van der Waals surface area contributed by atoms with Crippen LogP contribution in [0.25, 0.3) is 11.3 Å². The van der Waals surface area contributed by atoms with E-state index in [2.05, 4.69) is 20.3 Å². The quantitative estimate of drug-likeness (QED) is 0.844. The Hall–Kier alpha value is -2.10. The van der Waals surface area contributed by atoms with Gasteiger partial charge in [-0.25, -0.2) is 18.4 Å². The Labute approximate surface area is 141 Å². The molecule has 3 rings (SSSR count). The molecular weight excluding hydrogens is 330 g/mol. The molecule has 1 aliphatic rings. The van der Waals surface area contributed by atoms with Crippen molar-refractivity contribution in [1.82, 2.24) is 19.3 Å². The largest absolute Gasteiger partial charge is 0.374 e. The van der Waals surface area contributed by atoms with Crippen molar-refractivity contribution in [2.45, 2.75) is 6.10 Å². The molecule has 2 aromatic rings. The highest BCUT2D eigenvalue weighted by atomic mass is 32.2. The van der Waals surface area contributed by atoms with Gasteiger partial charge in [-0.1, -0.05) is 0 Å². The molecule has 3 heterocycles. The molecule has 0 bridgehead atoms. The van der Waals surface area contributed by atoms with E-state index in [1.807, 2.05) is 18.2 Å². The lowest BCUT2D eigenvalue weighted by Gasteiger charge is -2.31. The molecule has 1 N–H and O–H groups in total. The van der Waals surface area contributed by atoms with Gasteiger partial charge in [0.05, 0.1) is 24.7 Å². The van der Waals surface area contributed by atoms with E-state index in [4.69, 9.17) is 4.74 Å². The molecule has 1 saturated heterocycles. The van der Waals surface area contributed by atoms with Gasteiger partial charge in [0, 0.05) is 43.8 Å². The maximum Gasteiger partial charge on any atom is 0.223 e. The molecule has 1 fully saturated rings. The van der Waals surface area contributed by atoms with E-state index in [1.54, 1.807) is 18.6 Å². The molecule has 2 aromatic heterocycles. The minimum atomic E-state index is -3.20. The molecular formula is C15H19N5O3S. The predicted octanol–water partition coefficient (Wildman–Crippen LogP) is 0.611. The summed E-state index contributed by atoms with van der Waals surface area (Å²) in [4.78, 5) is 12.7. The summed E-state index contributed by atoms with van der Waals surface area (Å²) in [5.41, 5.74) is 1.67. The minimum absolute atomic E-state index is 0.237. The number of anilines is 1. The van der Waals surface area contributed by atoms with Crippen LogP contribution in [-0.2, 0) is 14.8 Å². The molecule has 0 spiro atoms. The highest BCUT2D eigenvalue weighted by Gasteiger charge is 2.26. The number of hydrogen-bond acceptors (Lipinski definition) is 7. The molecule has 0 unspecified atom stereocenters. The van der Waals surface area contributed by atoms with E-state index in [-0.39, 0.29) is 6.10 Å². The third kappa shape index (κ3) is 4.25. The summed E-state index contributed by atoms with van der Waals surface area (Å²) >= 11 is 0. The van der Waals surface area contributed by atoms with Gasteiger partial charge < -0.3 is 10.1 Å². The summed E-state index contributed by atoms with van der Waals surface area (Å²) in [5.74, 6) is 0.469. The Kier molecular flexibility index (Phi) is 5.03. The van der Waals surface area contributed by atoms with Crippen molar-refractivity contribution in [3.8, 4) is 11.3 Å². The van der Waals surface area contributed by atoms with E-state index >= 15 is 0 Å². The molecule has 0 saturated carbocycles. The topological polar surface area (TPSA) is 97.3 Å². The molecule has 0 aliphatic carbocycles. The summed E-state index contributed by atoms with van der Waals surface area (Å²) < 4.78 is 30.3. The first-order valence-electron chi connectivity index (χ1n) is 7.56. The van der Waals surface area contributed by atoms with Crippen molar-refractivity contribution < 1.29 is 13.2 Å². The highest BCUT2D eigenvalue weighted by Crippen LogP contribution is 2.16. The van der Waals surface area contributed by atoms with Crippen molar-refractivity contribution in [2.24, 2.45) is 0 Å². The SMILES string of the molecule is CS(=O)(=O)N1CCO[C@H](CNc2nccc(-c3cccnc3)n2)C1. The van der Waals surface area contributed by atoms with Gasteiger partial charge in [0.1, 0.15) is 0 Å². The van der Waals surface area contributed by atoms with E-state index in [0.717, 1.165) is 11.3 Å². The van der Waals surface area contributed by atoms with Gasteiger partial charge in [-0.2, -0.15) is 4.31 Å². The Morgan fingerprint density at radius 3 is 3.00 bits per heavy atom. The smallest absolute Gasteiger partial charge is 0.223 e. The van der Waals surface area contributed by atoms with Crippen LogP contribution in [0.1, 0.15) is 0 Å². The number of pyridine rings is 1. The predicted molar refractivity (Wildman–Crippen MR) is 89.9 cm³/mol. The monoisotopic (exact) mass is 349 g/mol. The lowest BCUT2D eigenvalue weighted by Crippen LogP contribution is -2.47. The second-order valence-corrected chi connectivity index (χ2v) is 7.48. The van der Waals surface area contributed by atoms with Crippen molar-refractivity contribution in [2.75, 3.05) is 37.8 Å². The number of nitrogens with one attached hydrogen (secondary N) is 1. The Morgan fingerprint density at radius 2 is 2.25 bits per heavy atom. The summed E-state index contributed by atoms with van der Waals surface area (Å²) in [6.07, 6.45) is 6.09. The lowest BCUT2D eigenvalue weighted by atomic mass is 10.2. The van der Waals surface area contributed by atoms with Crippen LogP contribution in [0.4, 0.5) is 5.95 Å². The minimum Gasteiger partial charge on any atom is -0.374 e. The van der Waals surface area contributed by atoms with Crippen LogP contribution < -0.4 is 5.32 Å². The van der Waals surface area contributed by atoms with Crippen molar-refractivity contribution in [3.05, 3.63) is 36.8 Å². The molecule has 0 radical (unpaired) electrons. The van der Waals surface area contributed by atoms with Gasteiger partial charge in [0.15, 0.2) is 0 Å². The first kappa shape index (κ1) is 16.7. The van der Waals surface area contributed by atoms with E-state index in [0.29, 0.717) is 32.2 Å². The van der Waals surface area contributed by atoms with E-state index < -0.39 is 10.0 Å². The Morgan fingerprint density at radius 1 is 1.38 bits per heavy atom. The molecule has 8 nitrogen and oxygen atoms in total. The number of sulfonamides is 1. The van der Waals surface area contributed by atoms with Gasteiger partial charge in [0.2, 0.25) is 16.0 Å². The first-order valence-corrected chi connectivity index (χ1v) is 9.41. The molecule has 0 aromatic carbocycles. The van der Waals surface area contributed by atoms with Gasteiger partial charge in [-0.05, 0) is 18.2 Å². The zero-order chi connectivity index (χ0) is 17.0. The van der Waals surface area contributed by atoms with Gasteiger partial charge in [0.25, 0.3) is 0 Å². The van der Waals surface area contributed by atoms with Crippen LogP contribution >= 0.6 is 0 Å². The fourth-order valence-electron chi connectivity index (χ4n) is 2.44. The number of morpholine rings is 1. The average Bonchev–Trinajstić information content (AvgIpc) is 2.61. The zero-order valence-electron chi connectivity index (χ0n) is 13.3. The van der Waals surface area contributed by atoms with Gasteiger partial charge in [-0.3, -0.25) is 4.98 Å². The van der Waals surface area contributed by atoms with Crippen LogP contribution in [0.15, 0.2) is 36.8 Å². The van der Waals surface area contributed by atoms with Crippen LogP contribution in [-0.4, -0.2) is 66.3 Å². The normalized spacial score (nSPS) is 19.1. The van der Waals surface area contributed by atoms with E-state index in [1.165, 1.54) is 10.6 Å². The number of aromatic nitrogens is 3. The maximum absolute atomic E-state index is 11.6. The summed E-state index contributed by atoms with van der Waals surface area (Å²) in [6, 6.07) is 5.58. The molecule has 0 amide bonds. The van der Waals surface area contributed by atoms with Crippen LogP contribution in [0.3, 0.4) is 0 Å². The summed E-state index contributed by atoms with van der Waals surface area (Å²) in [5, 5.41) is 3.11. The van der Waals surface area contributed by atoms with Crippen molar-refractivity contribution >= 4 is 16.0 Å². The summed E-state index contributed by atoms with van der Waals surface area (Å²) in [7, 11) is -3.20. The van der Waals surface area contributed by atoms with Crippen LogP contribution in [0.2, 0.25) is 0 Å². The van der Waals surface area contributed by atoms with Crippen molar-refractivity contribution in [1.29, 1.82) is 0 Å². The van der Waals surface area contributed by atoms with Crippen LogP contribution in [0.5, 0.6) is 0 Å². The Bertz CT molecular complexity index is 785. The second-order valence-electron chi connectivity index (χ2n) is 5.50. The van der Waals surface area contributed by atoms with Gasteiger partial charge in [-0.15, -0.1) is 0 Å². The fourth-order valence-corrected chi connectivity index (χ4v) is 3.28. The standard InChI is InChI=1S/C15H19N5O3S/c1-24(21,22)20-7-8-23-13(11-20)10-18-15-17-6-4-14(19-15)12-3-2-5-16-9-12/h2-6,9,13H,7-8,10-11H2,1H3,(H,17,18,19)/t13-/m1/s1. The third-order valence-electron chi connectivity index (χ3n) is 3.67. The number of hydrogen-bond donors (Lipinski definition) is 1. The fraction of sp³-hybridized carbons (Fsp3) is 0.400. The van der Waals surface area contributed by atoms with Gasteiger partial charge >= 0.3 is 0 Å². The number of rotatable bonds is 5. The number of nitrogens with zero attached hydrogens (tertiary/aromatic N) is 4. The molecule has 24 heavy (non-hydrogen) atoms. The second kappa shape index (κ2) is 7.20. The van der Waals surface area contributed by atoms with Crippen LogP contribution in [0, 0.1) is 0 Å². The maximum atomic E-state index is 11.6. The molecule has 128 valence electrons. The van der Waals surface area contributed by atoms with Crippen molar-refractivity contribution in [3.63, 3.8) is 0 Å². The first-order chi connectivity index (χ1) is 11.5. The lowest BCUT2D eigenvalue weighted by molar-refractivity contribution is 0.00696. The molecule has 1 aliphatic heterocycles. The molecule has 1 atom stereocenters. The highest BCUT2D eigenvalue weighted by molar-refractivity contribution is 7.88. The summed E-state index contributed by atoms with van der Waals surface area (Å²) in [6.45, 7) is 1.54. The third-order valence-corrected chi connectivity index (χ3v) is 4.94. The Balaban J connectivity index is 1.63. The zero-order valence-corrected chi connectivity index (χ0v) is 14.1. The molecule has 9 heteroatoms. The number of ether oxygens (including phenoxy) is 1. The average molecular weight is 349 g/mol. The van der Waals surface area contributed by atoms with E-state index in [9.17, 15) is 8.42 Å².